The van der Waals surface area contributed by atoms with Crippen LogP contribution >= 0.6 is 0 Å². The first-order valence-corrected chi connectivity index (χ1v) is 6.83. The molecule has 0 radical (unpaired) electrons. The van der Waals surface area contributed by atoms with Crippen molar-refractivity contribution < 1.29 is 14.7 Å². The number of amides is 1. The number of imidazole rings is 1. The van der Waals surface area contributed by atoms with Gasteiger partial charge in [-0.25, -0.2) is 4.98 Å². The monoisotopic (exact) mass is 289 g/mol. The van der Waals surface area contributed by atoms with Gasteiger partial charge in [0.25, 0.3) is 5.91 Å². The van der Waals surface area contributed by atoms with Crippen LogP contribution in [0.2, 0.25) is 0 Å². The average Bonchev–Trinajstić information content (AvgIpc) is 2.78. The lowest BCUT2D eigenvalue weighted by atomic mass is 10.2. The molecule has 0 saturated carbocycles. The van der Waals surface area contributed by atoms with Crippen molar-refractivity contribution in [3.8, 4) is 0 Å². The zero-order valence-corrected chi connectivity index (χ0v) is 12.4. The highest BCUT2D eigenvalue weighted by Crippen LogP contribution is 2.11. The summed E-state index contributed by atoms with van der Waals surface area (Å²) >= 11 is 0. The molecule has 1 amide bonds. The minimum Gasteiger partial charge on any atom is -0.480 e. The van der Waals surface area contributed by atoms with Crippen LogP contribution in [-0.4, -0.2) is 44.4 Å². The zero-order valence-electron chi connectivity index (χ0n) is 12.4. The maximum absolute atomic E-state index is 12.5. The summed E-state index contributed by atoms with van der Waals surface area (Å²) < 4.78 is 1.76. The number of pyridine rings is 1. The number of carbonyl (C=O) groups excluding carboxylic acids is 1. The second-order valence-electron chi connectivity index (χ2n) is 5.57. The van der Waals surface area contributed by atoms with Crippen molar-refractivity contribution in [1.82, 2.24) is 14.3 Å². The minimum atomic E-state index is -1.02. The van der Waals surface area contributed by atoms with Crippen LogP contribution < -0.4 is 0 Å². The van der Waals surface area contributed by atoms with E-state index in [4.69, 9.17) is 5.11 Å². The molecule has 112 valence electrons. The molecule has 21 heavy (non-hydrogen) atoms. The molecule has 0 unspecified atom stereocenters. The number of aromatic nitrogens is 2. The first kappa shape index (κ1) is 15.0. The molecule has 0 aliphatic carbocycles. The van der Waals surface area contributed by atoms with Crippen molar-refractivity contribution >= 4 is 17.5 Å². The molecule has 2 heterocycles. The van der Waals surface area contributed by atoms with Crippen LogP contribution in [-0.2, 0) is 4.79 Å². The quantitative estimate of drug-likeness (QED) is 0.911. The summed E-state index contributed by atoms with van der Waals surface area (Å²) in [5.74, 6) is -1.19. The molecule has 0 aliphatic rings. The largest absolute Gasteiger partial charge is 0.480 e. The molecule has 2 aromatic heterocycles. The summed E-state index contributed by atoms with van der Waals surface area (Å²) in [6.07, 6.45) is 3.46. The van der Waals surface area contributed by atoms with E-state index >= 15 is 0 Å². The molecular weight excluding hydrogens is 270 g/mol. The van der Waals surface area contributed by atoms with Crippen LogP contribution in [0.3, 0.4) is 0 Å². The van der Waals surface area contributed by atoms with Crippen molar-refractivity contribution in [2.45, 2.75) is 20.8 Å². The number of aryl methyl sites for hydroxylation is 1. The van der Waals surface area contributed by atoms with E-state index in [0.717, 1.165) is 5.56 Å². The number of carboxylic acids is 1. The molecule has 0 saturated heterocycles. The molecule has 0 aliphatic heterocycles. The molecule has 1 N–H and O–H groups in total. The Hall–Kier alpha value is -2.37. The zero-order chi connectivity index (χ0) is 15.6. The van der Waals surface area contributed by atoms with Gasteiger partial charge in [-0.05, 0) is 30.5 Å². The third-order valence-electron chi connectivity index (χ3n) is 3.03. The minimum absolute atomic E-state index is 0.188. The molecule has 2 rings (SSSR count). The Morgan fingerprint density at radius 2 is 2.14 bits per heavy atom. The number of hydrogen-bond donors (Lipinski definition) is 1. The number of hydrogen-bond acceptors (Lipinski definition) is 3. The average molecular weight is 289 g/mol. The van der Waals surface area contributed by atoms with E-state index in [1.165, 1.54) is 4.90 Å². The first-order chi connectivity index (χ1) is 9.86. The number of nitrogens with zero attached hydrogens (tertiary/aromatic N) is 3. The lowest BCUT2D eigenvalue weighted by molar-refractivity contribution is -0.137. The van der Waals surface area contributed by atoms with Gasteiger partial charge in [-0.3, -0.25) is 9.59 Å². The third kappa shape index (κ3) is 3.59. The number of carboxylic acid groups (broad SMARTS) is 1. The number of fused-ring (bicyclic) bond motifs is 1. The van der Waals surface area contributed by atoms with Crippen molar-refractivity contribution in [2.24, 2.45) is 5.92 Å². The van der Waals surface area contributed by atoms with Crippen LogP contribution in [0.4, 0.5) is 0 Å². The van der Waals surface area contributed by atoms with Gasteiger partial charge in [-0.1, -0.05) is 13.8 Å². The second kappa shape index (κ2) is 5.95. The Bertz CT molecular complexity index is 676. The topological polar surface area (TPSA) is 74.9 Å². The lowest BCUT2D eigenvalue weighted by Crippen LogP contribution is -2.38. The van der Waals surface area contributed by atoms with Crippen molar-refractivity contribution in [3.63, 3.8) is 0 Å². The molecule has 2 aromatic rings. The Morgan fingerprint density at radius 3 is 2.76 bits per heavy atom. The maximum atomic E-state index is 12.5. The normalized spacial score (nSPS) is 11.0. The summed E-state index contributed by atoms with van der Waals surface area (Å²) in [6, 6.07) is 3.80. The van der Waals surface area contributed by atoms with Crippen LogP contribution in [0.15, 0.2) is 24.5 Å². The molecule has 0 spiro atoms. The Kier molecular flexibility index (Phi) is 4.26. The predicted octanol–water partition coefficient (Wildman–Crippen LogP) is 1.83. The van der Waals surface area contributed by atoms with E-state index in [0.29, 0.717) is 12.2 Å². The molecule has 0 aromatic carbocycles. The van der Waals surface area contributed by atoms with Gasteiger partial charge in [-0.15, -0.1) is 0 Å². The Labute approximate surface area is 123 Å². The Balaban J connectivity index is 2.30. The van der Waals surface area contributed by atoms with Gasteiger partial charge in [0, 0.05) is 18.9 Å². The van der Waals surface area contributed by atoms with Gasteiger partial charge < -0.3 is 14.4 Å². The van der Waals surface area contributed by atoms with Gasteiger partial charge in [-0.2, -0.15) is 0 Å². The second-order valence-corrected chi connectivity index (χ2v) is 5.57. The number of aliphatic carboxylic acids is 1. The standard InChI is InChI=1S/C15H19N3O3/c1-10(2)7-18(9-14(19)20)15(21)12-8-17-5-4-11(3)6-13(17)16-12/h4-6,8,10H,7,9H2,1-3H3,(H,19,20). The molecule has 0 bridgehead atoms. The smallest absolute Gasteiger partial charge is 0.323 e. The van der Waals surface area contributed by atoms with Gasteiger partial charge in [0.1, 0.15) is 17.9 Å². The molecule has 0 atom stereocenters. The highest BCUT2D eigenvalue weighted by atomic mass is 16.4. The van der Waals surface area contributed by atoms with E-state index in [1.54, 1.807) is 10.6 Å². The van der Waals surface area contributed by atoms with Crippen LogP contribution in [0.1, 0.15) is 29.9 Å². The summed E-state index contributed by atoms with van der Waals surface area (Å²) in [4.78, 5) is 29.0. The fourth-order valence-corrected chi connectivity index (χ4v) is 2.17. The van der Waals surface area contributed by atoms with Crippen molar-refractivity contribution in [3.05, 3.63) is 35.8 Å². The fraction of sp³-hybridized carbons (Fsp3) is 0.400. The SMILES string of the molecule is Cc1ccn2cc(C(=O)N(CC(=O)O)CC(C)C)nc2c1. The predicted molar refractivity (Wildman–Crippen MR) is 78.3 cm³/mol. The summed E-state index contributed by atoms with van der Waals surface area (Å²) in [6.45, 7) is 5.90. The Morgan fingerprint density at radius 1 is 1.43 bits per heavy atom. The summed E-state index contributed by atoms with van der Waals surface area (Å²) in [5, 5.41) is 8.95. The van der Waals surface area contributed by atoms with E-state index in [9.17, 15) is 9.59 Å². The van der Waals surface area contributed by atoms with Gasteiger partial charge in [0.15, 0.2) is 0 Å². The van der Waals surface area contributed by atoms with Gasteiger partial charge in [0.05, 0.1) is 0 Å². The van der Waals surface area contributed by atoms with Gasteiger partial charge in [0.2, 0.25) is 0 Å². The first-order valence-electron chi connectivity index (χ1n) is 6.83. The molecular formula is C15H19N3O3. The van der Waals surface area contributed by atoms with Crippen LogP contribution in [0.25, 0.3) is 5.65 Å². The summed E-state index contributed by atoms with van der Waals surface area (Å²) in [7, 11) is 0. The van der Waals surface area contributed by atoms with E-state index in [-0.39, 0.29) is 24.1 Å². The maximum Gasteiger partial charge on any atom is 0.323 e. The van der Waals surface area contributed by atoms with Crippen LogP contribution in [0, 0.1) is 12.8 Å². The fourth-order valence-electron chi connectivity index (χ4n) is 2.17. The van der Waals surface area contributed by atoms with Crippen molar-refractivity contribution in [1.29, 1.82) is 0 Å². The van der Waals surface area contributed by atoms with Crippen molar-refractivity contribution in [2.75, 3.05) is 13.1 Å². The molecule has 0 fully saturated rings. The lowest BCUT2D eigenvalue weighted by Gasteiger charge is -2.21. The van der Waals surface area contributed by atoms with E-state index in [1.807, 2.05) is 39.1 Å². The van der Waals surface area contributed by atoms with Crippen LogP contribution in [0.5, 0.6) is 0 Å². The summed E-state index contributed by atoms with van der Waals surface area (Å²) in [5.41, 5.74) is 2.00. The highest BCUT2D eigenvalue weighted by molar-refractivity contribution is 5.94. The van der Waals surface area contributed by atoms with Gasteiger partial charge >= 0.3 is 5.97 Å². The molecule has 6 heteroatoms. The third-order valence-corrected chi connectivity index (χ3v) is 3.03. The number of carbonyl (C=O) groups is 2. The van der Waals surface area contributed by atoms with E-state index in [2.05, 4.69) is 4.98 Å². The highest BCUT2D eigenvalue weighted by Gasteiger charge is 2.21. The molecule has 6 nitrogen and oxygen atoms in total. The number of rotatable bonds is 5. The van der Waals surface area contributed by atoms with E-state index < -0.39 is 5.97 Å².